The minimum Gasteiger partial charge on any atom is -0.606 e. The molecular formula is C16H15ClO2S. The summed E-state index contributed by atoms with van der Waals surface area (Å²) < 4.78 is 18.5. The van der Waals surface area contributed by atoms with Crippen LogP contribution in [0.25, 0.3) is 0 Å². The third-order valence-corrected chi connectivity index (χ3v) is 5.15. The van der Waals surface area contributed by atoms with Gasteiger partial charge in [-0.15, -0.1) is 0 Å². The molecule has 0 bridgehead atoms. The quantitative estimate of drug-likeness (QED) is 0.796. The Morgan fingerprint density at radius 2 is 2.05 bits per heavy atom. The van der Waals surface area contributed by atoms with Crippen LogP contribution in [0.4, 0.5) is 0 Å². The standard InChI is InChI=1S/C16H15ClO2S/c1-2-7-19-14-10-13(17)9-12-8-11-5-3-4-6-15(11)20(18)16(12)14/h3-6,9-10H,2,7-8H2,1H3. The van der Waals surface area contributed by atoms with Crippen molar-refractivity contribution in [1.29, 1.82) is 0 Å². The number of ether oxygens (including phenoxy) is 1. The molecule has 0 radical (unpaired) electrons. The third kappa shape index (κ3) is 2.41. The van der Waals surface area contributed by atoms with E-state index in [0.717, 1.165) is 33.8 Å². The second-order valence-electron chi connectivity index (χ2n) is 4.79. The minimum absolute atomic E-state index is 0.603. The van der Waals surface area contributed by atoms with Crippen molar-refractivity contribution in [2.24, 2.45) is 0 Å². The molecule has 20 heavy (non-hydrogen) atoms. The lowest BCUT2D eigenvalue weighted by atomic mass is 10.0. The van der Waals surface area contributed by atoms with Crippen molar-refractivity contribution >= 4 is 22.8 Å². The van der Waals surface area contributed by atoms with Crippen molar-refractivity contribution in [2.45, 2.75) is 29.6 Å². The van der Waals surface area contributed by atoms with Crippen LogP contribution in [0.2, 0.25) is 5.02 Å². The van der Waals surface area contributed by atoms with Gasteiger partial charge in [0.2, 0.25) is 4.90 Å². The maximum atomic E-state index is 12.8. The van der Waals surface area contributed by atoms with Crippen LogP contribution in [0.1, 0.15) is 24.5 Å². The molecule has 0 saturated carbocycles. The summed E-state index contributed by atoms with van der Waals surface area (Å²) in [7, 11) is 0. The first kappa shape index (κ1) is 13.8. The Labute approximate surface area is 126 Å². The Bertz CT molecular complexity index is 642. The highest BCUT2D eigenvalue weighted by Crippen LogP contribution is 2.41. The molecule has 3 rings (SSSR count). The molecule has 4 heteroatoms. The number of benzene rings is 2. The molecule has 2 aromatic carbocycles. The van der Waals surface area contributed by atoms with Gasteiger partial charge in [-0.1, -0.05) is 36.7 Å². The predicted octanol–water partition coefficient (Wildman–Crippen LogP) is 4.20. The van der Waals surface area contributed by atoms with E-state index >= 15 is 0 Å². The van der Waals surface area contributed by atoms with Crippen molar-refractivity contribution in [3.05, 3.63) is 52.5 Å². The first-order valence-corrected chi connectivity index (χ1v) is 8.18. The molecule has 0 N–H and O–H groups in total. The molecule has 1 unspecified atom stereocenters. The second kappa shape index (κ2) is 5.68. The van der Waals surface area contributed by atoms with E-state index in [9.17, 15) is 4.55 Å². The van der Waals surface area contributed by atoms with Gasteiger partial charge >= 0.3 is 0 Å². The van der Waals surface area contributed by atoms with Crippen LogP contribution in [0, 0.1) is 0 Å². The van der Waals surface area contributed by atoms with Crippen molar-refractivity contribution in [3.8, 4) is 5.75 Å². The van der Waals surface area contributed by atoms with Gasteiger partial charge in [-0.3, -0.25) is 0 Å². The molecule has 0 aromatic heterocycles. The van der Waals surface area contributed by atoms with Gasteiger partial charge in [0.1, 0.15) is 0 Å². The second-order valence-corrected chi connectivity index (χ2v) is 6.62. The van der Waals surface area contributed by atoms with Crippen molar-refractivity contribution in [3.63, 3.8) is 0 Å². The fourth-order valence-corrected chi connectivity index (χ4v) is 4.13. The van der Waals surface area contributed by atoms with Gasteiger partial charge in [-0.2, -0.15) is 0 Å². The molecule has 2 nitrogen and oxygen atoms in total. The fourth-order valence-electron chi connectivity index (χ4n) is 2.43. The lowest BCUT2D eigenvalue weighted by Crippen LogP contribution is -2.16. The number of fused-ring (bicyclic) bond motifs is 2. The van der Waals surface area contributed by atoms with Gasteiger partial charge in [0.15, 0.2) is 10.6 Å². The van der Waals surface area contributed by atoms with E-state index in [0.29, 0.717) is 17.4 Å². The summed E-state index contributed by atoms with van der Waals surface area (Å²) in [5, 5.41) is 0.631. The van der Waals surface area contributed by atoms with Gasteiger partial charge in [-0.25, -0.2) is 0 Å². The topological polar surface area (TPSA) is 32.3 Å². The highest BCUT2D eigenvalue weighted by Gasteiger charge is 2.32. The fraction of sp³-hybridized carbons (Fsp3) is 0.250. The van der Waals surface area contributed by atoms with E-state index in [4.69, 9.17) is 16.3 Å². The molecule has 2 aromatic rings. The third-order valence-electron chi connectivity index (χ3n) is 3.30. The Hall–Kier alpha value is -1.16. The van der Waals surface area contributed by atoms with Crippen LogP contribution in [0.3, 0.4) is 0 Å². The van der Waals surface area contributed by atoms with Crippen molar-refractivity contribution < 1.29 is 9.29 Å². The molecule has 1 heterocycles. The maximum absolute atomic E-state index is 12.8. The van der Waals surface area contributed by atoms with Gasteiger partial charge < -0.3 is 9.29 Å². The number of rotatable bonds is 3. The van der Waals surface area contributed by atoms with Gasteiger partial charge in [-0.05, 0) is 18.6 Å². The SMILES string of the molecule is CCCOc1cc(Cl)cc2c1[S+]([O-])c1ccccc1C2. The van der Waals surface area contributed by atoms with Crippen LogP contribution < -0.4 is 4.74 Å². The van der Waals surface area contributed by atoms with Gasteiger partial charge in [0.25, 0.3) is 0 Å². The smallest absolute Gasteiger partial charge is 0.203 e. The summed E-state index contributed by atoms with van der Waals surface area (Å²) in [5.41, 5.74) is 2.10. The summed E-state index contributed by atoms with van der Waals surface area (Å²) in [6.45, 7) is 2.65. The van der Waals surface area contributed by atoms with Crippen LogP contribution in [-0.4, -0.2) is 11.2 Å². The van der Waals surface area contributed by atoms with E-state index in [-0.39, 0.29) is 0 Å². The van der Waals surface area contributed by atoms with Crippen molar-refractivity contribution in [2.75, 3.05) is 6.61 Å². The van der Waals surface area contributed by atoms with E-state index < -0.39 is 11.2 Å². The number of hydrogen-bond acceptors (Lipinski definition) is 2. The first-order valence-electron chi connectivity index (χ1n) is 6.65. The molecule has 0 fully saturated rings. The van der Waals surface area contributed by atoms with Gasteiger partial charge in [0, 0.05) is 39.8 Å². The molecule has 0 amide bonds. The monoisotopic (exact) mass is 306 g/mol. The Balaban J connectivity index is 2.10. The molecule has 1 atom stereocenters. The molecule has 1 aliphatic heterocycles. The lowest BCUT2D eigenvalue weighted by molar-refractivity contribution is 0.308. The Morgan fingerprint density at radius 1 is 1.25 bits per heavy atom. The molecular weight excluding hydrogens is 292 g/mol. The van der Waals surface area contributed by atoms with E-state index in [1.165, 1.54) is 0 Å². The minimum atomic E-state index is -1.20. The first-order chi connectivity index (χ1) is 9.70. The Kier molecular flexibility index (Phi) is 3.92. The van der Waals surface area contributed by atoms with E-state index in [1.807, 2.05) is 37.3 Å². The number of halogens is 1. The Morgan fingerprint density at radius 3 is 2.85 bits per heavy atom. The van der Waals surface area contributed by atoms with Crippen LogP contribution >= 0.6 is 11.6 Å². The summed E-state index contributed by atoms with van der Waals surface area (Å²) in [6.07, 6.45) is 1.66. The molecule has 104 valence electrons. The summed E-state index contributed by atoms with van der Waals surface area (Å²) in [5.74, 6) is 0.655. The highest BCUT2D eigenvalue weighted by molar-refractivity contribution is 7.91. The lowest BCUT2D eigenvalue weighted by Gasteiger charge is -2.23. The summed E-state index contributed by atoms with van der Waals surface area (Å²) in [4.78, 5) is 1.66. The van der Waals surface area contributed by atoms with E-state index in [2.05, 4.69) is 0 Å². The number of hydrogen-bond donors (Lipinski definition) is 0. The summed E-state index contributed by atoms with van der Waals surface area (Å²) >= 11 is 4.96. The molecule has 0 aliphatic carbocycles. The van der Waals surface area contributed by atoms with Crippen molar-refractivity contribution in [1.82, 2.24) is 0 Å². The van der Waals surface area contributed by atoms with Crippen LogP contribution in [0.5, 0.6) is 5.75 Å². The normalized spacial score (nSPS) is 16.4. The largest absolute Gasteiger partial charge is 0.606 e. The maximum Gasteiger partial charge on any atom is 0.203 e. The van der Waals surface area contributed by atoms with Crippen LogP contribution in [0.15, 0.2) is 46.2 Å². The van der Waals surface area contributed by atoms with E-state index in [1.54, 1.807) is 6.07 Å². The predicted molar refractivity (Wildman–Crippen MR) is 81.2 cm³/mol. The zero-order chi connectivity index (χ0) is 14.1. The average molecular weight is 307 g/mol. The zero-order valence-corrected chi connectivity index (χ0v) is 12.8. The molecule has 1 aliphatic rings. The summed E-state index contributed by atoms with van der Waals surface area (Å²) in [6, 6.07) is 11.5. The molecule has 0 saturated heterocycles. The highest BCUT2D eigenvalue weighted by atomic mass is 35.5. The van der Waals surface area contributed by atoms with Crippen LogP contribution in [-0.2, 0) is 17.6 Å². The molecule has 0 spiro atoms. The zero-order valence-electron chi connectivity index (χ0n) is 11.2. The average Bonchev–Trinajstić information content (AvgIpc) is 2.44. The van der Waals surface area contributed by atoms with Gasteiger partial charge in [0.05, 0.1) is 6.61 Å².